The fourth-order valence-electron chi connectivity index (χ4n) is 3.33. The Labute approximate surface area is 172 Å². The van der Waals surface area contributed by atoms with Crippen molar-refractivity contribution >= 4 is 17.8 Å². The number of hydrogen-bond donors (Lipinski definition) is 1. The zero-order valence-electron chi connectivity index (χ0n) is 17.0. The van der Waals surface area contributed by atoms with Gasteiger partial charge in [0, 0.05) is 36.5 Å². The molecule has 0 bridgehead atoms. The Morgan fingerprint density at radius 1 is 0.862 bits per heavy atom. The molecule has 0 saturated carbocycles. The maximum absolute atomic E-state index is 12.5. The van der Waals surface area contributed by atoms with E-state index in [1.54, 1.807) is 6.21 Å². The molecule has 0 unspecified atom stereocenters. The molecule has 1 N–H and O–H groups in total. The first-order valence-corrected chi connectivity index (χ1v) is 10.0. The van der Waals surface area contributed by atoms with E-state index in [0.717, 1.165) is 29.9 Å². The van der Waals surface area contributed by atoms with Crippen LogP contribution in [-0.2, 0) is 0 Å². The lowest BCUT2D eigenvalue weighted by Crippen LogP contribution is -2.22. The fraction of sp³-hybridized carbons (Fsp3) is 0.200. The predicted molar refractivity (Wildman–Crippen MR) is 121 cm³/mol. The molecule has 29 heavy (non-hydrogen) atoms. The number of carbonyl (C=O) groups is 1. The zero-order valence-corrected chi connectivity index (χ0v) is 17.0. The van der Waals surface area contributed by atoms with E-state index in [-0.39, 0.29) is 11.8 Å². The molecule has 0 radical (unpaired) electrons. The quantitative estimate of drug-likeness (QED) is 0.434. The molecule has 0 atom stereocenters. The highest BCUT2D eigenvalue weighted by atomic mass is 16.2. The summed E-state index contributed by atoms with van der Waals surface area (Å²) in [5, 5.41) is 4.26. The van der Waals surface area contributed by atoms with E-state index in [2.05, 4.69) is 53.5 Å². The Hall–Kier alpha value is -3.40. The van der Waals surface area contributed by atoms with E-state index in [9.17, 15) is 4.79 Å². The summed E-state index contributed by atoms with van der Waals surface area (Å²) < 4.78 is 0. The summed E-state index contributed by atoms with van der Waals surface area (Å²) in [4.78, 5) is 14.7. The fourth-order valence-corrected chi connectivity index (χ4v) is 3.33. The molecule has 1 amide bonds. The smallest absolute Gasteiger partial charge is 0.271 e. The van der Waals surface area contributed by atoms with Gasteiger partial charge in [0.1, 0.15) is 0 Å². The highest BCUT2D eigenvalue weighted by molar-refractivity contribution is 5.94. The first-order valence-electron chi connectivity index (χ1n) is 10.0. The van der Waals surface area contributed by atoms with E-state index >= 15 is 0 Å². The first-order chi connectivity index (χ1) is 14.2. The van der Waals surface area contributed by atoms with Gasteiger partial charge < -0.3 is 4.90 Å². The van der Waals surface area contributed by atoms with Gasteiger partial charge in [-0.05, 0) is 49.2 Å². The number of nitrogens with zero attached hydrogens (tertiary/aromatic N) is 2. The largest absolute Gasteiger partial charge is 0.372 e. The maximum Gasteiger partial charge on any atom is 0.271 e. The predicted octanol–water partition coefficient (Wildman–Crippen LogP) is 5.08. The third kappa shape index (κ3) is 5.32. The minimum absolute atomic E-state index is 0.0252. The first kappa shape index (κ1) is 20.3. The Balaban J connectivity index is 1.71. The van der Waals surface area contributed by atoms with Gasteiger partial charge in [0.2, 0.25) is 0 Å². The number of rotatable bonds is 8. The molecule has 3 aromatic rings. The Kier molecular flexibility index (Phi) is 7.17. The van der Waals surface area contributed by atoms with Crippen LogP contribution >= 0.6 is 0 Å². The van der Waals surface area contributed by atoms with Gasteiger partial charge in [-0.15, -0.1) is 0 Å². The minimum atomic E-state index is -0.216. The SMILES string of the molecule is CCN(CC)c1ccc(C(=O)N/N=C/C(c2ccccc2)c2ccccc2)cc1. The van der Waals surface area contributed by atoms with Crippen LogP contribution in [0.25, 0.3) is 0 Å². The maximum atomic E-state index is 12.5. The van der Waals surface area contributed by atoms with Crippen molar-refractivity contribution in [3.8, 4) is 0 Å². The second kappa shape index (κ2) is 10.2. The molecule has 0 saturated heterocycles. The van der Waals surface area contributed by atoms with Crippen LogP contribution < -0.4 is 10.3 Å². The van der Waals surface area contributed by atoms with Crippen molar-refractivity contribution in [2.45, 2.75) is 19.8 Å². The number of benzene rings is 3. The summed E-state index contributed by atoms with van der Waals surface area (Å²) in [5.41, 5.74) is 6.62. The minimum Gasteiger partial charge on any atom is -0.372 e. The van der Waals surface area contributed by atoms with Gasteiger partial charge in [0.05, 0.1) is 0 Å². The number of hydrogen-bond acceptors (Lipinski definition) is 3. The molecule has 0 aliphatic heterocycles. The highest BCUT2D eigenvalue weighted by Crippen LogP contribution is 2.22. The second-order valence-corrected chi connectivity index (χ2v) is 6.74. The van der Waals surface area contributed by atoms with E-state index in [1.807, 2.05) is 60.7 Å². The van der Waals surface area contributed by atoms with Gasteiger partial charge >= 0.3 is 0 Å². The Bertz CT molecular complexity index is 878. The second-order valence-electron chi connectivity index (χ2n) is 6.74. The molecular formula is C25H27N3O. The van der Waals surface area contributed by atoms with E-state index in [0.29, 0.717) is 5.56 Å². The Morgan fingerprint density at radius 2 is 1.38 bits per heavy atom. The van der Waals surface area contributed by atoms with E-state index in [4.69, 9.17) is 0 Å². The summed E-state index contributed by atoms with van der Waals surface area (Å²) >= 11 is 0. The van der Waals surface area contributed by atoms with Crippen LogP contribution in [0, 0.1) is 0 Å². The normalized spacial score (nSPS) is 11.0. The number of nitrogens with one attached hydrogen (secondary N) is 1. The summed E-state index contributed by atoms with van der Waals surface area (Å²) in [7, 11) is 0. The molecule has 0 fully saturated rings. The van der Waals surface area contributed by atoms with Crippen LogP contribution in [0.4, 0.5) is 5.69 Å². The molecule has 4 heteroatoms. The molecule has 0 spiro atoms. The lowest BCUT2D eigenvalue weighted by Gasteiger charge is -2.20. The van der Waals surface area contributed by atoms with Crippen LogP contribution in [0.5, 0.6) is 0 Å². The molecule has 3 aromatic carbocycles. The van der Waals surface area contributed by atoms with Crippen molar-refractivity contribution in [1.29, 1.82) is 0 Å². The van der Waals surface area contributed by atoms with Crippen molar-refractivity contribution in [2.24, 2.45) is 5.10 Å². The Morgan fingerprint density at radius 3 is 1.86 bits per heavy atom. The van der Waals surface area contributed by atoms with E-state index in [1.165, 1.54) is 0 Å². The number of anilines is 1. The zero-order chi connectivity index (χ0) is 20.5. The topological polar surface area (TPSA) is 44.7 Å². The lowest BCUT2D eigenvalue weighted by molar-refractivity contribution is 0.0955. The standard InChI is InChI=1S/C25H27N3O/c1-3-28(4-2)23-17-15-22(16-18-23)25(29)27-26-19-24(20-11-7-5-8-12-20)21-13-9-6-10-14-21/h5-19,24H,3-4H2,1-2H3,(H,27,29)/b26-19+. The molecule has 0 aromatic heterocycles. The molecule has 3 rings (SSSR count). The van der Waals surface area contributed by atoms with Gasteiger partial charge in [0.15, 0.2) is 0 Å². The molecular weight excluding hydrogens is 358 g/mol. The van der Waals surface area contributed by atoms with Crippen LogP contribution in [0.3, 0.4) is 0 Å². The molecule has 0 aliphatic carbocycles. The van der Waals surface area contributed by atoms with Crippen LogP contribution in [0.15, 0.2) is 90.0 Å². The molecule has 0 heterocycles. The highest BCUT2D eigenvalue weighted by Gasteiger charge is 2.12. The average Bonchev–Trinajstić information content (AvgIpc) is 2.79. The molecule has 148 valence electrons. The summed E-state index contributed by atoms with van der Waals surface area (Å²) in [5.74, 6) is -0.241. The molecule has 4 nitrogen and oxygen atoms in total. The van der Waals surface area contributed by atoms with Gasteiger partial charge in [0.25, 0.3) is 5.91 Å². The van der Waals surface area contributed by atoms with Crippen molar-refractivity contribution in [1.82, 2.24) is 5.43 Å². The number of carbonyl (C=O) groups excluding carboxylic acids is 1. The average molecular weight is 386 g/mol. The summed E-state index contributed by atoms with van der Waals surface area (Å²) in [6.07, 6.45) is 1.78. The van der Waals surface area contributed by atoms with Crippen LogP contribution in [0.2, 0.25) is 0 Å². The van der Waals surface area contributed by atoms with Crippen molar-refractivity contribution in [3.63, 3.8) is 0 Å². The van der Waals surface area contributed by atoms with E-state index < -0.39 is 0 Å². The van der Waals surface area contributed by atoms with Crippen molar-refractivity contribution in [2.75, 3.05) is 18.0 Å². The lowest BCUT2D eigenvalue weighted by atomic mass is 9.92. The van der Waals surface area contributed by atoms with Crippen molar-refractivity contribution < 1.29 is 4.79 Å². The summed E-state index contributed by atoms with van der Waals surface area (Å²) in [6.45, 7) is 6.11. The number of amides is 1. The van der Waals surface area contributed by atoms with Gasteiger partial charge in [-0.2, -0.15) is 5.10 Å². The number of hydrazone groups is 1. The van der Waals surface area contributed by atoms with Crippen molar-refractivity contribution in [3.05, 3.63) is 102 Å². The van der Waals surface area contributed by atoms with Gasteiger partial charge in [-0.25, -0.2) is 5.43 Å². The van der Waals surface area contributed by atoms with Gasteiger partial charge in [-0.3, -0.25) is 4.79 Å². The van der Waals surface area contributed by atoms with Crippen LogP contribution in [-0.4, -0.2) is 25.2 Å². The monoisotopic (exact) mass is 385 g/mol. The summed E-state index contributed by atoms with van der Waals surface area (Å²) in [6, 6.07) is 27.9. The third-order valence-corrected chi connectivity index (χ3v) is 4.97. The van der Waals surface area contributed by atoms with Gasteiger partial charge in [-0.1, -0.05) is 60.7 Å². The molecule has 0 aliphatic rings. The third-order valence-electron chi connectivity index (χ3n) is 4.97. The van der Waals surface area contributed by atoms with Crippen LogP contribution in [0.1, 0.15) is 41.3 Å².